The van der Waals surface area contributed by atoms with Gasteiger partial charge in [0.2, 0.25) is 0 Å². The standard InChI is InChI=1S/C45H76O6/c1-4-5-6-7-8-9-10-11-12-13-17-20-23-26-29-32-35-42(46)37-38-45(49)51-40-43(47)39-50-44(48)36-33-30-27-24-21-18-15-14-16-19-22-25-28-31-34-41(2)3/h5-6,8-9,11-12,17,20,26,29,32,35,41-43,46-47H,4,7,10,13-16,18-19,21-25,27-28,30-31,33-34,36-40H2,1-3H3/b6-5-,9-8-,12-11-,20-17-,29-26-,35-32-/t42?,43-/m0/s1. The third-order valence-electron chi connectivity index (χ3n) is 8.50. The quantitative estimate of drug-likeness (QED) is 0.0294. The topological polar surface area (TPSA) is 93.1 Å². The fraction of sp³-hybridized carbons (Fsp3) is 0.689. The van der Waals surface area contributed by atoms with Crippen LogP contribution in [0.2, 0.25) is 0 Å². The highest BCUT2D eigenvalue weighted by Gasteiger charge is 2.13. The average Bonchev–Trinajstić information content (AvgIpc) is 3.11. The highest BCUT2D eigenvalue weighted by Crippen LogP contribution is 2.15. The maximum atomic E-state index is 12.0. The molecule has 0 aromatic heterocycles. The summed E-state index contributed by atoms with van der Waals surface area (Å²) in [5, 5.41) is 20.1. The fourth-order valence-corrected chi connectivity index (χ4v) is 5.38. The van der Waals surface area contributed by atoms with Crippen molar-refractivity contribution in [3.05, 3.63) is 72.9 Å². The molecule has 0 aromatic carbocycles. The number of ether oxygens (including phenoxy) is 2. The SMILES string of the molecule is CC/C=C\C/C=C\C/C=C\C/C=C\C/C=C\C=C/C(O)CCC(=O)OC[C@@H](O)COC(=O)CCCCCCCCCCCCCCCCC(C)C. The van der Waals surface area contributed by atoms with Gasteiger partial charge >= 0.3 is 11.9 Å². The van der Waals surface area contributed by atoms with Crippen LogP contribution in [0.1, 0.15) is 168 Å². The van der Waals surface area contributed by atoms with Gasteiger partial charge in [0.1, 0.15) is 19.3 Å². The van der Waals surface area contributed by atoms with Crippen LogP contribution in [0.4, 0.5) is 0 Å². The van der Waals surface area contributed by atoms with E-state index >= 15 is 0 Å². The molecule has 51 heavy (non-hydrogen) atoms. The number of unbranched alkanes of at least 4 members (excludes halogenated alkanes) is 13. The maximum absolute atomic E-state index is 12.0. The molecule has 6 heteroatoms. The summed E-state index contributed by atoms with van der Waals surface area (Å²) in [6, 6.07) is 0. The monoisotopic (exact) mass is 713 g/mol. The molecule has 0 fully saturated rings. The summed E-state index contributed by atoms with van der Waals surface area (Å²) >= 11 is 0. The van der Waals surface area contributed by atoms with Crippen LogP contribution in [0.25, 0.3) is 0 Å². The zero-order valence-corrected chi connectivity index (χ0v) is 32.9. The molecule has 0 amide bonds. The molecule has 0 heterocycles. The predicted octanol–water partition coefficient (Wildman–Crippen LogP) is 11.8. The zero-order chi connectivity index (χ0) is 37.5. The molecule has 2 N–H and O–H groups in total. The Morgan fingerprint density at radius 2 is 0.922 bits per heavy atom. The summed E-state index contributed by atoms with van der Waals surface area (Å²) in [5.41, 5.74) is 0. The molecule has 0 aliphatic carbocycles. The Balaban J connectivity index is 3.66. The van der Waals surface area contributed by atoms with Crippen molar-refractivity contribution >= 4 is 11.9 Å². The first kappa shape index (κ1) is 48.3. The molecule has 0 aliphatic heterocycles. The van der Waals surface area contributed by atoms with E-state index < -0.39 is 18.2 Å². The van der Waals surface area contributed by atoms with E-state index in [0.717, 1.165) is 57.3 Å². The van der Waals surface area contributed by atoms with E-state index in [2.05, 4.69) is 69.4 Å². The van der Waals surface area contributed by atoms with Crippen molar-refractivity contribution in [3.8, 4) is 0 Å². The molecule has 0 spiro atoms. The minimum atomic E-state index is -1.06. The van der Waals surface area contributed by atoms with Crippen LogP contribution in [0.5, 0.6) is 0 Å². The first-order chi connectivity index (χ1) is 24.8. The molecule has 0 saturated carbocycles. The lowest BCUT2D eigenvalue weighted by Gasteiger charge is -2.12. The Labute approximate surface area is 313 Å². The third kappa shape index (κ3) is 39.9. The Hall–Kier alpha value is -2.70. The third-order valence-corrected chi connectivity index (χ3v) is 8.50. The van der Waals surface area contributed by atoms with Gasteiger partial charge in [0.25, 0.3) is 0 Å². The lowest BCUT2D eigenvalue weighted by Crippen LogP contribution is -2.25. The molecule has 0 radical (unpaired) electrons. The van der Waals surface area contributed by atoms with Crippen molar-refractivity contribution in [2.75, 3.05) is 13.2 Å². The Kier molecular flexibility index (Phi) is 36.5. The second-order valence-corrected chi connectivity index (χ2v) is 14.1. The summed E-state index contributed by atoms with van der Waals surface area (Å²) in [6.07, 6.45) is 47.2. The molecule has 0 rings (SSSR count). The van der Waals surface area contributed by atoms with Crippen molar-refractivity contribution in [1.29, 1.82) is 0 Å². The smallest absolute Gasteiger partial charge is 0.305 e. The number of aliphatic hydroxyl groups excluding tert-OH is 2. The molecule has 0 bridgehead atoms. The van der Waals surface area contributed by atoms with Gasteiger partial charge in [-0.05, 0) is 50.9 Å². The van der Waals surface area contributed by atoms with Crippen molar-refractivity contribution < 1.29 is 29.3 Å². The highest BCUT2D eigenvalue weighted by atomic mass is 16.6. The summed E-state index contributed by atoms with van der Waals surface area (Å²) in [6.45, 7) is 6.32. The van der Waals surface area contributed by atoms with Gasteiger partial charge in [-0.1, -0.05) is 184 Å². The number of carbonyl (C=O) groups excluding carboxylic acids is 2. The Morgan fingerprint density at radius 1 is 0.510 bits per heavy atom. The van der Waals surface area contributed by atoms with E-state index in [0.29, 0.717) is 6.42 Å². The van der Waals surface area contributed by atoms with Crippen LogP contribution in [0, 0.1) is 5.92 Å². The minimum Gasteiger partial charge on any atom is -0.463 e. The number of hydrogen-bond acceptors (Lipinski definition) is 6. The number of allylic oxidation sites excluding steroid dienone is 11. The molecule has 292 valence electrons. The number of carbonyl (C=O) groups is 2. The van der Waals surface area contributed by atoms with Gasteiger partial charge in [-0.25, -0.2) is 0 Å². The van der Waals surface area contributed by atoms with Crippen LogP contribution in [-0.2, 0) is 19.1 Å². The maximum Gasteiger partial charge on any atom is 0.305 e. The first-order valence-electron chi connectivity index (χ1n) is 20.5. The van der Waals surface area contributed by atoms with Crippen molar-refractivity contribution in [2.45, 2.75) is 181 Å². The number of rotatable bonds is 35. The molecule has 0 saturated heterocycles. The van der Waals surface area contributed by atoms with Crippen LogP contribution in [0.15, 0.2) is 72.9 Å². The fourth-order valence-electron chi connectivity index (χ4n) is 5.38. The van der Waals surface area contributed by atoms with Crippen LogP contribution < -0.4 is 0 Å². The van der Waals surface area contributed by atoms with Crippen molar-refractivity contribution in [3.63, 3.8) is 0 Å². The van der Waals surface area contributed by atoms with Crippen LogP contribution in [0.3, 0.4) is 0 Å². The lowest BCUT2D eigenvalue weighted by molar-refractivity contribution is -0.152. The second-order valence-electron chi connectivity index (χ2n) is 14.1. The predicted molar refractivity (Wildman–Crippen MR) is 215 cm³/mol. The van der Waals surface area contributed by atoms with E-state index in [1.165, 1.54) is 77.0 Å². The normalized spacial score (nSPS) is 13.7. The van der Waals surface area contributed by atoms with E-state index in [1.807, 2.05) is 12.2 Å². The molecule has 1 unspecified atom stereocenters. The average molecular weight is 713 g/mol. The Bertz CT molecular complexity index is 973. The summed E-state index contributed by atoms with van der Waals surface area (Å²) < 4.78 is 10.2. The number of hydrogen-bond donors (Lipinski definition) is 2. The summed E-state index contributed by atoms with van der Waals surface area (Å²) in [4.78, 5) is 24.0. The van der Waals surface area contributed by atoms with Crippen molar-refractivity contribution in [2.24, 2.45) is 5.92 Å². The molecule has 6 nitrogen and oxygen atoms in total. The Morgan fingerprint density at radius 3 is 1.39 bits per heavy atom. The zero-order valence-electron chi connectivity index (χ0n) is 32.9. The number of aliphatic hydroxyl groups is 2. The largest absolute Gasteiger partial charge is 0.463 e. The van der Waals surface area contributed by atoms with Gasteiger partial charge in [0, 0.05) is 12.8 Å². The van der Waals surface area contributed by atoms with E-state index in [9.17, 15) is 19.8 Å². The van der Waals surface area contributed by atoms with E-state index in [-0.39, 0.29) is 32.0 Å². The lowest BCUT2D eigenvalue weighted by atomic mass is 10.0. The molecule has 2 atom stereocenters. The van der Waals surface area contributed by atoms with Crippen molar-refractivity contribution in [1.82, 2.24) is 0 Å². The molecule has 0 aliphatic rings. The molecule has 0 aromatic rings. The molecular formula is C45H76O6. The minimum absolute atomic E-state index is 0.0302. The van der Waals surface area contributed by atoms with Gasteiger partial charge in [0.15, 0.2) is 0 Å². The van der Waals surface area contributed by atoms with E-state index in [1.54, 1.807) is 12.2 Å². The summed E-state index contributed by atoms with van der Waals surface area (Å²) in [5.74, 6) is 0.00139. The van der Waals surface area contributed by atoms with Gasteiger partial charge in [-0.2, -0.15) is 0 Å². The van der Waals surface area contributed by atoms with Gasteiger partial charge in [-0.15, -0.1) is 0 Å². The van der Waals surface area contributed by atoms with Crippen LogP contribution >= 0.6 is 0 Å². The second kappa shape index (κ2) is 38.5. The van der Waals surface area contributed by atoms with Gasteiger partial charge < -0.3 is 19.7 Å². The van der Waals surface area contributed by atoms with Gasteiger partial charge in [0.05, 0.1) is 6.10 Å². The van der Waals surface area contributed by atoms with Crippen LogP contribution in [-0.4, -0.2) is 47.6 Å². The summed E-state index contributed by atoms with van der Waals surface area (Å²) in [7, 11) is 0. The molecular weight excluding hydrogens is 636 g/mol. The van der Waals surface area contributed by atoms with E-state index in [4.69, 9.17) is 9.47 Å². The van der Waals surface area contributed by atoms with Gasteiger partial charge in [-0.3, -0.25) is 9.59 Å². The number of esters is 2. The highest BCUT2D eigenvalue weighted by molar-refractivity contribution is 5.69. The first-order valence-corrected chi connectivity index (χ1v) is 20.5.